The number of aliphatic hydroxyl groups is 1. The van der Waals surface area contributed by atoms with Gasteiger partial charge in [0.05, 0.1) is 12.0 Å². The van der Waals surface area contributed by atoms with Crippen LogP contribution in [0.2, 0.25) is 0 Å². The number of carbonyl (C=O) groups excluding carboxylic acids is 1. The van der Waals surface area contributed by atoms with Crippen LogP contribution in [0.25, 0.3) is 0 Å². The zero-order valence-electron chi connectivity index (χ0n) is 10.4. The third-order valence-electron chi connectivity index (χ3n) is 4.25. The number of nitrogens with one attached hydrogen (secondary N) is 1. The minimum Gasteiger partial charge on any atom is -0.393 e. The molecule has 3 heteroatoms. The monoisotopic (exact) mass is 245 g/mol. The highest BCUT2D eigenvalue weighted by Gasteiger charge is 2.32. The molecule has 96 valence electrons. The lowest BCUT2D eigenvalue weighted by Gasteiger charge is -2.29. The van der Waals surface area contributed by atoms with Gasteiger partial charge in [0.15, 0.2) is 0 Å². The maximum absolute atomic E-state index is 12.1. The first-order valence-corrected chi connectivity index (χ1v) is 6.77. The summed E-state index contributed by atoms with van der Waals surface area (Å²) in [6.07, 6.45) is 3.46. The number of rotatable bonds is 3. The Morgan fingerprint density at radius 1 is 1.33 bits per heavy atom. The van der Waals surface area contributed by atoms with Crippen LogP contribution in [0.5, 0.6) is 0 Å². The number of amides is 1. The minimum absolute atomic E-state index is 0.0486. The SMILES string of the molecule is O=C(NCC1CCC(O)C1)C1Cc2ccccc21. The fourth-order valence-electron chi connectivity index (χ4n) is 3.09. The molecule has 1 aromatic carbocycles. The summed E-state index contributed by atoms with van der Waals surface area (Å²) >= 11 is 0. The highest BCUT2D eigenvalue weighted by molar-refractivity contribution is 5.86. The van der Waals surface area contributed by atoms with E-state index in [0.717, 1.165) is 25.7 Å². The van der Waals surface area contributed by atoms with E-state index in [0.29, 0.717) is 12.5 Å². The molecule has 0 saturated heterocycles. The molecular weight excluding hydrogens is 226 g/mol. The van der Waals surface area contributed by atoms with Crippen LogP contribution in [0.1, 0.15) is 36.3 Å². The van der Waals surface area contributed by atoms with Gasteiger partial charge in [-0.15, -0.1) is 0 Å². The number of hydrogen-bond acceptors (Lipinski definition) is 2. The van der Waals surface area contributed by atoms with Crippen LogP contribution in [-0.2, 0) is 11.2 Å². The van der Waals surface area contributed by atoms with Crippen molar-refractivity contribution in [1.29, 1.82) is 0 Å². The van der Waals surface area contributed by atoms with Crippen molar-refractivity contribution < 1.29 is 9.90 Å². The quantitative estimate of drug-likeness (QED) is 0.850. The molecule has 0 heterocycles. The number of fused-ring (bicyclic) bond motifs is 1. The lowest BCUT2D eigenvalue weighted by Crippen LogP contribution is -2.37. The molecule has 3 rings (SSSR count). The molecule has 1 fully saturated rings. The number of hydrogen-bond donors (Lipinski definition) is 2. The maximum Gasteiger partial charge on any atom is 0.227 e. The Morgan fingerprint density at radius 3 is 2.89 bits per heavy atom. The summed E-state index contributed by atoms with van der Waals surface area (Å²) in [6, 6.07) is 8.15. The van der Waals surface area contributed by atoms with Crippen LogP contribution in [0, 0.1) is 5.92 Å². The molecule has 3 atom stereocenters. The molecule has 0 aliphatic heterocycles. The van der Waals surface area contributed by atoms with Gasteiger partial charge in [0.1, 0.15) is 0 Å². The Morgan fingerprint density at radius 2 is 2.17 bits per heavy atom. The second-order valence-corrected chi connectivity index (χ2v) is 5.53. The van der Waals surface area contributed by atoms with Gasteiger partial charge in [-0.3, -0.25) is 4.79 Å². The van der Waals surface area contributed by atoms with Gasteiger partial charge in [0.25, 0.3) is 0 Å². The van der Waals surface area contributed by atoms with E-state index in [1.807, 2.05) is 18.2 Å². The first-order chi connectivity index (χ1) is 8.74. The Balaban J connectivity index is 1.52. The van der Waals surface area contributed by atoms with Crippen molar-refractivity contribution in [3.05, 3.63) is 35.4 Å². The van der Waals surface area contributed by atoms with E-state index in [4.69, 9.17) is 0 Å². The first kappa shape index (κ1) is 11.7. The van der Waals surface area contributed by atoms with Gasteiger partial charge < -0.3 is 10.4 Å². The molecule has 0 spiro atoms. The van der Waals surface area contributed by atoms with Crippen molar-refractivity contribution in [2.45, 2.75) is 37.7 Å². The first-order valence-electron chi connectivity index (χ1n) is 6.77. The summed E-state index contributed by atoms with van der Waals surface area (Å²) in [5.41, 5.74) is 2.48. The normalized spacial score (nSPS) is 29.5. The van der Waals surface area contributed by atoms with E-state index in [1.165, 1.54) is 11.1 Å². The molecule has 0 radical (unpaired) electrons. The van der Waals surface area contributed by atoms with Crippen molar-refractivity contribution in [3.8, 4) is 0 Å². The van der Waals surface area contributed by atoms with Crippen LogP contribution in [0.4, 0.5) is 0 Å². The second-order valence-electron chi connectivity index (χ2n) is 5.53. The van der Waals surface area contributed by atoms with Crippen molar-refractivity contribution in [3.63, 3.8) is 0 Å². The lowest BCUT2D eigenvalue weighted by atomic mass is 9.77. The average Bonchev–Trinajstić information content (AvgIpc) is 2.74. The molecule has 1 saturated carbocycles. The zero-order valence-corrected chi connectivity index (χ0v) is 10.4. The predicted octanol–water partition coefficient (Wildman–Crippen LogP) is 1.60. The van der Waals surface area contributed by atoms with Crippen molar-refractivity contribution in [1.82, 2.24) is 5.32 Å². The highest BCUT2D eigenvalue weighted by atomic mass is 16.3. The standard InChI is InChI=1S/C15H19NO2/c17-12-6-5-10(7-12)9-16-15(18)14-8-11-3-1-2-4-13(11)14/h1-4,10,12,14,17H,5-9H2,(H,16,18). The topological polar surface area (TPSA) is 49.3 Å². The van der Waals surface area contributed by atoms with E-state index in [-0.39, 0.29) is 17.9 Å². The van der Waals surface area contributed by atoms with E-state index in [9.17, 15) is 9.90 Å². The van der Waals surface area contributed by atoms with Gasteiger partial charge in [-0.25, -0.2) is 0 Å². The molecule has 2 aliphatic carbocycles. The maximum atomic E-state index is 12.1. The second kappa shape index (κ2) is 4.73. The molecule has 0 aromatic heterocycles. The lowest BCUT2D eigenvalue weighted by molar-refractivity contribution is -0.123. The van der Waals surface area contributed by atoms with Gasteiger partial charge in [-0.1, -0.05) is 24.3 Å². The van der Waals surface area contributed by atoms with Gasteiger partial charge in [0.2, 0.25) is 5.91 Å². The predicted molar refractivity (Wildman–Crippen MR) is 69.2 cm³/mol. The summed E-state index contributed by atoms with van der Waals surface area (Å²) in [5.74, 6) is 0.655. The van der Waals surface area contributed by atoms with Crippen LogP contribution in [0.15, 0.2) is 24.3 Å². The molecule has 3 unspecified atom stereocenters. The van der Waals surface area contributed by atoms with Crippen LogP contribution in [0.3, 0.4) is 0 Å². The molecule has 0 bridgehead atoms. The third kappa shape index (κ3) is 2.15. The van der Waals surface area contributed by atoms with Crippen LogP contribution < -0.4 is 5.32 Å². The number of aliphatic hydroxyl groups excluding tert-OH is 1. The molecule has 2 aliphatic rings. The Bertz CT molecular complexity index is 458. The van der Waals surface area contributed by atoms with E-state index >= 15 is 0 Å². The Kier molecular flexibility index (Phi) is 3.08. The number of carbonyl (C=O) groups is 1. The van der Waals surface area contributed by atoms with Crippen LogP contribution >= 0.6 is 0 Å². The van der Waals surface area contributed by atoms with Crippen molar-refractivity contribution >= 4 is 5.91 Å². The highest BCUT2D eigenvalue weighted by Crippen LogP contribution is 2.35. The smallest absolute Gasteiger partial charge is 0.227 e. The minimum atomic E-state index is -0.156. The zero-order chi connectivity index (χ0) is 12.5. The Labute approximate surface area is 107 Å². The summed E-state index contributed by atoms with van der Waals surface area (Å²) in [6.45, 7) is 0.717. The van der Waals surface area contributed by atoms with Crippen LogP contribution in [-0.4, -0.2) is 23.7 Å². The number of benzene rings is 1. The summed E-state index contributed by atoms with van der Waals surface area (Å²) in [5, 5.41) is 12.5. The van der Waals surface area contributed by atoms with Gasteiger partial charge in [0, 0.05) is 6.54 Å². The van der Waals surface area contributed by atoms with Gasteiger partial charge in [-0.2, -0.15) is 0 Å². The molecule has 3 nitrogen and oxygen atoms in total. The molecular formula is C15H19NO2. The van der Waals surface area contributed by atoms with Crippen molar-refractivity contribution in [2.24, 2.45) is 5.92 Å². The largest absolute Gasteiger partial charge is 0.393 e. The summed E-state index contributed by atoms with van der Waals surface area (Å²) in [4.78, 5) is 12.1. The Hall–Kier alpha value is -1.35. The average molecular weight is 245 g/mol. The van der Waals surface area contributed by atoms with Gasteiger partial charge in [-0.05, 0) is 42.7 Å². The van der Waals surface area contributed by atoms with Crippen molar-refractivity contribution in [2.75, 3.05) is 6.54 Å². The summed E-state index contributed by atoms with van der Waals surface area (Å²) < 4.78 is 0. The fourth-order valence-corrected chi connectivity index (χ4v) is 3.09. The van der Waals surface area contributed by atoms with E-state index in [1.54, 1.807) is 0 Å². The van der Waals surface area contributed by atoms with Gasteiger partial charge >= 0.3 is 0 Å². The molecule has 1 amide bonds. The third-order valence-corrected chi connectivity index (χ3v) is 4.25. The summed E-state index contributed by atoms with van der Waals surface area (Å²) in [7, 11) is 0. The molecule has 1 aromatic rings. The van der Waals surface area contributed by atoms with E-state index < -0.39 is 0 Å². The fraction of sp³-hybridized carbons (Fsp3) is 0.533. The molecule has 18 heavy (non-hydrogen) atoms. The van der Waals surface area contributed by atoms with E-state index in [2.05, 4.69) is 11.4 Å². The molecule has 2 N–H and O–H groups in total.